The van der Waals surface area contributed by atoms with E-state index in [9.17, 15) is 0 Å². The Morgan fingerprint density at radius 1 is 0.909 bits per heavy atom. The number of hydrogen-bond acceptors (Lipinski definition) is 0. The van der Waals surface area contributed by atoms with Crippen LogP contribution in [0, 0.1) is 11.8 Å². The van der Waals surface area contributed by atoms with Crippen LogP contribution in [0.1, 0.15) is 95.6 Å². The van der Waals surface area contributed by atoms with E-state index >= 15 is 0 Å². The molecule has 0 nitrogen and oxygen atoms in total. The fraction of sp³-hybridized carbons (Fsp3) is 0.727. The van der Waals surface area contributed by atoms with Crippen molar-refractivity contribution in [1.29, 1.82) is 0 Å². The van der Waals surface area contributed by atoms with E-state index in [1.807, 2.05) is 0 Å². The highest BCUT2D eigenvalue weighted by molar-refractivity contribution is 5.26. The summed E-state index contributed by atoms with van der Waals surface area (Å²) in [7, 11) is 0. The summed E-state index contributed by atoms with van der Waals surface area (Å²) in [6, 6.07) is 9.60. The average molecular weight is 301 g/mol. The van der Waals surface area contributed by atoms with Crippen molar-refractivity contribution in [2.45, 2.75) is 90.9 Å². The van der Waals surface area contributed by atoms with Gasteiger partial charge in [0.1, 0.15) is 0 Å². The van der Waals surface area contributed by atoms with Gasteiger partial charge in [0.2, 0.25) is 0 Å². The molecule has 0 bridgehead atoms. The van der Waals surface area contributed by atoms with Crippen molar-refractivity contribution in [3.05, 3.63) is 35.4 Å². The van der Waals surface area contributed by atoms with Crippen LogP contribution in [0.2, 0.25) is 0 Å². The minimum atomic E-state index is 0.808. The van der Waals surface area contributed by atoms with Gasteiger partial charge in [-0.25, -0.2) is 0 Å². The lowest BCUT2D eigenvalue weighted by molar-refractivity contribution is 0.232. The molecule has 0 heterocycles. The molecule has 1 aromatic rings. The molecule has 1 aliphatic carbocycles. The van der Waals surface area contributed by atoms with Gasteiger partial charge in [-0.15, -0.1) is 0 Å². The SMILES string of the molecule is CCCCCC1CCC(c2ccc(CCCC)cc2)C(C)C1. The molecule has 1 aromatic carbocycles. The topological polar surface area (TPSA) is 0 Å². The maximum atomic E-state index is 2.49. The number of unbranched alkanes of at least 4 members (excludes halogenated alkanes) is 3. The van der Waals surface area contributed by atoms with Crippen LogP contribution in [-0.4, -0.2) is 0 Å². The molecule has 1 saturated carbocycles. The molecule has 0 spiro atoms. The molecule has 0 aliphatic heterocycles. The van der Waals surface area contributed by atoms with Gasteiger partial charge in [0.05, 0.1) is 0 Å². The second kappa shape index (κ2) is 9.38. The molecule has 0 amide bonds. The maximum Gasteiger partial charge on any atom is -0.0136 e. The molecule has 22 heavy (non-hydrogen) atoms. The van der Waals surface area contributed by atoms with Crippen LogP contribution in [0.25, 0.3) is 0 Å². The molecule has 2 rings (SSSR count). The summed E-state index contributed by atoms with van der Waals surface area (Å²) in [6.45, 7) is 7.07. The van der Waals surface area contributed by atoms with E-state index in [2.05, 4.69) is 45.0 Å². The van der Waals surface area contributed by atoms with Crippen molar-refractivity contribution >= 4 is 0 Å². The van der Waals surface area contributed by atoms with Gasteiger partial charge in [0, 0.05) is 0 Å². The highest BCUT2D eigenvalue weighted by atomic mass is 14.3. The lowest BCUT2D eigenvalue weighted by Crippen LogP contribution is -2.21. The van der Waals surface area contributed by atoms with E-state index < -0.39 is 0 Å². The Balaban J connectivity index is 1.85. The minimum Gasteiger partial charge on any atom is -0.0654 e. The van der Waals surface area contributed by atoms with Crippen molar-refractivity contribution < 1.29 is 0 Å². The van der Waals surface area contributed by atoms with Crippen LogP contribution in [0.15, 0.2) is 24.3 Å². The van der Waals surface area contributed by atoms with Crippen LogP contribution >= 0.6 is 0 Å². The molecule has 0 radical (unpaired) electrons. The van der Waals surface area contributed by atoms with E-state index in [1.54, 1.807) is 5.56 Å². The summed E-state index contributed by atoms with van der Waals surface area (Å²) >= 11 is 0. The highest BCUT2D eigenvalue weighted by Crippen LogP contribution is 2.41. The summed E-state index contributed by atoms with van der Waals surface area (Å²) < 4.78 is 0. The summed E-state index contributed by atoms with van der Waals surface area (Å²) in [6.07, 6.45) is 13.9. The van der Waals surface area contributed by atoms with E-state index in [4.69, 9.17) is 0 Å². The zero-order valence-corrected chi connectivity index (χ0v) is 15.1. The molecular weight excluding hydrogens is 264 g/mol. The van der Waals surface area contributed by atoms with Crippen LogP contribution in [0.3, 0.4) is 0 Å². The van der Waals surface area contributed by atoms with Gasteiger partial charge >= 0.3 is 0 Å². The molecule has 0 saturated heterocycles. The summed E-state index contributed by atoms with van der Waals surface area (Å²) in [5.74, 6) is 2.67. The Kier molecular flexibility index (Phi) is 7.49. The zero-order chi connectivity index (χ0) is 15.8. The molecule has 3 unspecified atom stereocenters. The number of rotatable bonds is 8. The first-order chi connectivity index (χ1) is 10.7. The van der Waals surface area contributed by atoms with E-state index in [1.165, 1.54) is 69.8 Å². The fourth-order valence-corrected chi connectivity index (χ4v) is 4.26. The maximum absolute atomic E-state index is 2.49. The molecule has 0 heteroatoms. The molecule has 1 aliphatic rings. The predicted octanol–water partition coefficient (Wildman–Crippen LogP) is 7.13. The smallest absolute Gasteiger partial charge is 0.0136 e. The van der Waals surface area contributed by atoms with Crippen molar-refractivity contribution in [3.63, 3.8) is 0 Å². The average Bonchev–Trinajstić information content (AvgIpc) is 2.54. The first kappa shape index (κ1) is 17.6. The van der Waals surface area contributed by atoms with E-state index in [-0.39, 0.29) is 0 Å². The number of hydrogen-bond donors (Lipinski definition) is 0. The van der Waals surface area contributed by atoms with Crippen LogP contribution in [-0.2, 0) is 6.42 Å². The van der Waals surface area contributed by atoms with E-state index in [0.29, 0.717) is 0 Å². The summed E-state index contributed by atoms with van der Waals surface area (Å²) in [4.78, 5) is 0. The zero-order valence-electron chi connectivity index (χ0n) is 15.1. The Labute approximate surface area is 138 Å². The monoisotopic (exact) mass is 300 g/mol. The lowest BCUT2D eigenvalue weighted by Gasteiger charge is -2.34. The molecular formula is C22H36. The minimum absolute atomic E-state index is 0.808. The van der Waals surface area contributed by atoms with Gasteiger partial charge < -0.3 is 0 Å². The van der Waals surface area contributed by atoms with Crippen LogP contribution < -0.4 is 0 Å². The van der Waals surface area contributed by atoms with Gasteiger partial charge in [-0.2, -0.15) is 0 Å². The van der Waals surface area contributed by atoms with Gasteiger partial charge in [0.15, 0.2) is 0 Å². The van der Waals surface area contributed by atoms with Gasteiger partial charge in [0.25, 0.3) is 0 Å². The van der Waals surface area contributed by atoms with Crippen LogP contribution in [0.4, 0.5) is 0 Å². The third-order valence-electron chi connectivity index (χ3n) is 5.72. The molecule has 0 N–H and O–H groups in total. The Bertz CT molecular complexity index is 403. The Hall–Kier alpha value is -0.780. The van der Waals surface area contributed by atoms with Crippen molar-refractivity contribution in [3.8, 4) is 0 Å². The molecule has 1 fully saturated rings. The summed E-state index contributed by atoms with van der Waals surface area (Å²) in [5.41, 5.74) is 3.12. The van der Waals surface area contributed by atoms with Crippen molar-refractivity contribution in [2.75, 3.05) is 0 Å². The summed E-state index contributed by atoms with van der Waals surface area (Å²) in [5, 5.41) is 0. The second-order valence-electron chi connectivity index (χ2n) is 7.60. The van der Waals surface area contributed by atoms with Crippen LogP contribution in [0.5, 0.6) is 0 Å². The first-order valence-electron chi connectivity index (χ1n) is 9.83. The first-order valence-corrected chi connectivity index (χ1v) is 9.83. The van der Waals surface area contributed by atoms with Crippen molar-refractivity contribution in [2.24, 2.45) is 11.8 Å². The van der Waals surface area contributed by atoms with Gasteiger partial charge in [-0.05, 0) is 61.0 Å². The number of aryl methyl sites for hydroxylation is 1. The third kappa shape index (κ3) is 5.14. The van der Waals surface area contributed by atoms with Gasteiger partial charge in [-0.3, -0.25) is 0 Å². The highest BCUT2D eigenvalue weighted by Gasteiger charge is 2.28. The molecule has 124 valence electrons. The predicted molar refractivity (Wildman–Crippen MR) is 98.4 cm³/mol. The molecule has 3 atom stereocenters. The van der Waals surface area contributed by atoms with Crippen molar-refractivity contribution in [1.82, 2.24) is 0 Å². The largest absolute Gasteiger partial charge is 0.0654 e. The fourth-order valence-electron chi connectivity index (χ4n) is 4.26. The quantitative estimate of drug-likeness (QED) is 0.448. The van der Waals surface area contributed by atoms with E-state index in [0.717, 1.165) is 17.8 Å². The number of benzene rings is 1. The normalized spacial score (nSPS) is 25.3. The third-order valence-corrected chi connectivity index (χ3v) is 5.72. The standard InChI is InChI=1S/C22H36/c1-4-6-8-10-20-13-16-22(18(3)17-20)21-14-11-19(12-15-21)9-7-5-2/h11-12,14-15,18,20,22H,4-10,13,16-17H2,1-3H3. The Morgan fingerprint density at radius 3 is 2.27 bits per heavy atom. The second-order valence-corrected chi connectivity index (χ2v) is 7.60. The molecule has 0 aromatic heterocycles. The Morgan fingerprint density at radius 2 is 1.64 bits per heavy atom. The van der Waals surface area contributed by atoms with Gasteiger partial charge in [-0.1, -0.05) is 77.1 Å². The lowest BCUT2D eigenvalue weighted by atomic mass is 9.71.